The second kappa shape index (κ2) is 4.34. The Morgan fingerprint density at radius 2 is 2.11 bits per heavy atom. The van der Waals surface area contributed by atoms with E-state index in [-0.39, 0.29) is 17.3 Å². The average molecular weight is 247 g/mol. The van der Waals surface area contributed by atoms with Crippen molar-refractivity contribution in [1.29, 1.82) is 0 Å². The van der Waals surface area contributed by atoms with E-state index in [0.29, 0.717) is 5.92 Å². The van der Waals surface area contributed by atoms with Gasteiger partial charge >= 0.3 is 0 Å². The number of fused-ring (bicyclic) bond motifs is 4. The Morgan fingerprint density at radius 1 is 1.28 bits per heavy atom. The highest BCUT2D eigenvalue weighted by Crippen LogP contribution is 2.45. The number of rotatable bonds is 0. The van der Waals surface area contributed by atoms with Crippen molar-refractivity contribution in [2.75, 3.05) is 0 Å². The zero-order valence-corrected chi connectivity index (χ0v) is 11.1. The first-order valence-corrected chi connectivity index (χ1v) is 7.16. The van der Waals surface area contributed by atoms with E-state index in [4.69, 9.17) is 5.73 Å². The summed E-state index contributed by atoms with van der Waals surface area (Å²) < 4.78 is 13.6. The van der Waals surface area contributed by atoms with Gasteiger partial charge in [-0.2, -0.15) is 0 Å². The first-order chi connectivity index (χ1) is 8.61. The zero-order chi connectivity index (χ0) is 12.8. The molecule has 1 unspecified atom stereocenters. The SMILES string of the molecule is C[C@@]12CCCCCC(Cc3ccc(F)cc31)[C@@H]2N. The first kappa shape index (κ1) is 12.2. The molecular weight excluding hydrogens is 225 g/mol. The number of halogens is 1. The van der Waals surface area contributed by atoms with Crippen molar-refractivity contribution < 1.29 is 4.39 Å². The van der Waals surface area contributed by atoms with Crippen molar-refractivity contribution in [3.05, 3.63) is 35.1 Å². The molecule has 1 saturated carbocycles. The lowest BCUT2D eigenvalue weighted by atomic mass is 9.60. The topological polar surface area (TPSA) is 26.0 Å². The summed E-state index contributed by atoms with van der Waals surface area (Å²) in [5.74, 6) is 0.455. The summed E-state index contributed by atoms with van der Waals surface area (Å²) in [7, 11) is 0. The lowest BCUT2D eigenvalue weighted by molar-refractivity contribution is 0.201. The smallest absolute Gasteiger partial charge is 0.123 e. The highest BCUT2D eigenvalue weighted by molar-refractivity contribution is 5.39. The monoisotopic (exact) mass is 247 g/mol. The van der Waals surface area contributed by atoms with Crippen LogP contribution in [0, 0.1) is 11.7 Å². The van der Waals surface area contributed by atoms with E-state index in [9.17, 15) is 4.39 Å². The number of nitrogens with two attached hydrogens (primary N) is 1. The van der Waals surface area contributed by atoms with Crippen LogP contribution in [0.15, 0.2) is 18.2 Å². The van der Waals surface area contributed by atoms with Crippen LogP contribution in [0.25, 0.3) is 0 Å². The van der Waals surface area contributed by atoms with Crippen LogP contribution in [0.5, 0.6) is 0 Å². The van der Waals surface area contributed by atoms with Gasteiger partial charge in [-0.05, 0) is 48.4 Å². The molecule has 2 aliphatic carbocycles. The molecule has 2 N–H and O–H groups in total. The third kappa shape index (κ3) is 1.78. The van der Waals surface area contributed by atoms with Crippen molar-refractivity contribution in [3.8, 4) is 0 Å². The lowest BCUT2D eigenvalue weighted by Crippen LogP contribution is -2.52. The Kier molecular flexibility index (Phi) is 2.93. The van der Waals surface area contributed by atoms with Gasteiger partial charge in [0.25, 0.3) is 0 Å². The molecule has 0 aliphatic heterocycles. The Hall–Kier alpha value is -0.890. The van der Waals surface area contributed by atoms with Gasteiger partial charge in [0.15, 0.2) is 0 Å². The number of hydrogen-bond donors (Lipinski definition) is 1. The molecule has 1 fully saturated rings. The minimum atomic E-state index is -0.123. The molecule has 0 spiro atoms. The predicted molar refractivity (Wildman–Crippen MR) is 72.0 cm³/mol. The van der Waals surface area contributed by atoms with Gasteiger partial charge in [0.1, 0.15) is 5.82 Å². The summed E-state index contributed by atoms with van der Waals surface area (Å²) in [5, 5.41) is 0. The Labute approximate surface area is 109 Å². The average Bonchev–Trinajstić information content (AvgIpc) is 2.35. The Morgan fingerprint density at radius 3 is 2.94 bits per heavy atom. The summed E-state index contributed by atoms with van der Waals surface area (Å²) in [5.41, 5.74) is 9.00. The molecule has 0 saturated heterocycles. The van der Waals surface area contributed by atoms with E-state index in [1.807, 2.05) is 6.07 Å². The zero-order valence-electron chi connectivity index (χ0n) is 11.1. The summed E-state index contributed by atoms with van der Waals surface area (Å²) in [6, 6.07) is 5.49. The predicted octanol–water partition coefficient (Wildman–Crippen LogP) is 3.55. The minimum Gasteiger partial charge on any atom is -0.327 e. The van der Waals surface area contributed by atoms with Crippen LogP contribution in [-0.4, -0.2) is 6.04 Å². The maximum Gasteiger partial charge on any atom is 0.123 e. The van der Waals surface area contributed by atoms with Gasteiger partial charge in [-0.1, -0.05) is 32.3 Å². The van der Waals surface area contributed by atoms with Crippen LogP contribution in [0.4, 0.5) is 4.39 Å². The maximum absolute atomic E-state index is 13.6. The Balaban J connectivity index is 2.11. The summed E-state index contributed by atoms with van der Waals surface area (Å²) in [6.45, 7) is 2.24. The second-order valence-electron chi connectivity index (χ2n) is 6.31. The third-order valence-corrected chi connectivity index (χ3v) is 5.18. The van der Waals surface area contributed by atoms with E-state index in [2.05, 4.69) is 6.92 Å². The van der Waals surface area contributed by atoms with Crippen molar-refractivity contribution in [2.45, 2.75) is 56.9 Å². The molecular formula is C16H22FN. The molecule has 0 amide bonds. The molecule has 18 heavy (non-hydrogen) atoms. The standard InChI is InChI=1S/C16H22FN/c1-16-8-4-2-3-5-12(15(16)18)9-11-6-7-13(17)10-14(11)16/h6-7,10,12,15H,2-5,8-9,18H2,1H3/t12?,15-,16+/m0/s1. The van der Waals surface area contributed by atoms with Crippen LogP contribution in [0.1, 0.15) is 50.2 Å². The van der Waals surface area contributed by atoms with Gasteiger partial charge in [-0.15, -0.1) is 0 Å². The van der Waals surface area contributed by atoms with Crippen LogP contribution in [0.3, 0.4) is 0 Å². The van der Waals surface area contributed by atoms with Crippen LogP contribution < -0.4 is 5.73 Å². The molecule has 1 nitrogen and oxygen atoms in total. The molecule has 0 heterocycles. The highest BCUT2D eigenvalue weighted by Gasteiger charge is 2.43. The lowest BCUT2D eigenvalue weighted by Gasteiger charge is -2.47. The third-order valence-electron chi connectivity index (χ3n) is 5.18. The summed E-state index contributed by atoms with van der Waals surface area (Å²) >= 11 is 0. The van der Waals surface area contributed by atoms with Crippen molar-refractivity contribution in [3.63, 3.8) is 0 Å². The van der Waals surface area contributed by atoms with Gasteiger partial charge < -0.3 is 5.73 Å². The molecule has 0 aromatic heterocycles. The van der Waals surface area contributed by atoms with E-state index in [1.54, 1.807) is 12.1 Å². The molecule has 2 bridgehead atoms. The van der Waals surface area contributed by atoms with E-state index >= 15 is 0 Å². The van der Waals surface area contributed by atoms with Crippen molar-refractivity contribution in [2.24, 2.45) is 11.7 Å². The highest BCUT2D eigenvalue weighted by atomic mass is 19.1. The normalized spacial score (nSPS) is 35.5. The molecule has 1 aromatic rings. The second-order valence-corrected chi connectivity index (χ2v) is 6.31. The minimum absolute atomic E-state index is 0.0270. The van der Waals surface area contributed by atoms with Gasteiger partial charge in [0, 0.05) is 11.5 Å². The van der Waals surface area contributed by atoms with Crippen LogP contribution in [-0.2, 0) is 11.8 Å². The largest absolute Gasteiger partial charge is 0.327 e. The molecule has 3 atom stereocenters. The first-order valence-electron chi connectivity index (χ1n) is 7.16. The fraction of sp³-hybridized carbons (Fsp3) is 0.625. The van der Waals surface area contributed by atoms with Gasteiger partial charge in [0.2, 0.25) is 0 Å². The number of benzene rings is 1. The molecule has 1 aromatic carbocycles. The molecule has 2 heteroatoms. The van der Waals surface area contributed by atoms with E-state index in [1.165, 1.54) is 36.8 Å². The molecule has 2 aliphatic rings. The molecule has 98 valence electrons. The van der Waals surface area contributed by atoms with Gasteiger partial charge in [-0.3, -0.25) is 0 Å². The van der Waals surface area contributed by atoms with E-state index in [0.717, 1.165) is 12.8 Å². The van der Waals surface area contributed by atoms with Crippen LogP contribution in [0.2, 0.25) is 0 Å². The van der Waals surface area contributed by atoms with Crippen molar-refractivity contribution >= 4 is 0 Å². The van der Waals surface area contributed by atoms with Crippen LogP contribution >= 0.6 is 0 Å². The quantitative estimate of drug-likeness (QED) is 0.745. The van der Waals surface area contributed by atoms with Crippen molar-refractivity contribution in [1.82, 2.24) is 0 Å². The number of hydrogen-bond acceptors (Lipinski definition) is 1. The summed E-state index contributed by atoms with van der Waals surface area (Å²) in [4.78, 5) is 0. The fourth-order valence-corrected chi connectivity index (χ4v) is 4.03. The fourth-order valence-electron chi connectivity index (χ4n) is 4.03. The van der Waals surface area contributed by atoms with Gasteiger partial charge in [0.05, 0.1) is 0 Å². The molecule has 0 radical (unpaired) electrons. The Bertz CT molecular complexity index is 456. The van der Waals surface area contributed by atoms with Gasteiger partial charge in [-0.25, -0.2) is 4.39 Å². The maximum atomic E-state index is 13.6. The molecule has 3 rings (SSSR count). The summed E-state index contributed by atoms with van der Waals surface area (Å²) in [6.07, 6.45) is 7.17. The van der Waals surface area contributed by atoms with E-state index < -0.39 is 0 Å².